The number of carbonyl (C=O) groups excluding carboxylic acids is 1. The molecule has 3 rings (SSSR count). The number of hydrogen-bond acceptors (Lipinski definition) is 3. The van der Waals surface area contributed by atoms with Gasteiger partial charge in [-0.3, -0.25) is 9.78 Å². The summed E-state index contributed by atoms with van der Waals surface area (Å²) in [6.45, 7) is 3.38. The van der Waals surface area contributed by atoms with Crippen LogP contribution >= 0.6 is 0 Å². The van der Waals surface area contributed by atoms with Gasteiger partial charge >= 0.3 is 6.18 Å². The fourth-order valence-electron chi connectivity index (χ4n) is 2.36. The van der Waals surface area contributed by atoms with E-state index in [1.807, 2.05) is 0 Å². The topological polar surface area (TPSA) is 51.2 Å². The molecule has 1 aromatic heterocycles. The van der Waals surface area contributed by atoms with Gasteiger partial charge in [-0.15, -0.1) is 0 Å². The van der Waals surface area contributed by atoms with Crippen molar-refractivity contribution in [2.45, 2.75) is 6.18 Å². The molecular weight excluding hydrogens is 345 g/mol. The highest BCUT2D eigenvalue weighted by atomic mass is 19.4. The molecule has 0 aliphatic carbocycles. The Kier molecular flexibility index (Phi) is 4.62. The number of pyridine rings is 1. The van der Waals surface area contributed by atoms with Crippen molar-refractivity contribution in [2.75, 3.05) is 5.32 Å². The van der Waals surface area contributed by atoms with Gasteiger partial charge in [0, 0.05) is 23.3 Å². The number of halogens is 3. The molecule has 26 heavy (non-hydrogen) atoms. The van der Waals surface area contributed by atoms with Crippen molar-refractivity contribution in [3.05, 3.63) is 72.9 Å². The molecule has 0 spiro atoms. The van der Waals surface area contributed by atoms with Crippen molar-refractivity contribution in [1.29, 1.82) is 0 Å². The first-order chi connectivity index (χ1) is 12.4. The third kappa shape index (κ3) is 3.83. The van der Waals surface area contributed by atoms with Crippen LogP contribution in [0, 0.1) is 0 Å². The van der Waals surface area contributed by atoms with Crippen LogP contribution in [-0.4, -0.2) is 10.9 Å². The molecule has 7 heteroatoms. The highest BCUT2D eigenvalue weighted by Crippen LogP contribution is 2.35. The Hall–Kier alpha value is -3.35. The summed E-state index contributed by atoms with van der Waals surface area (Å²) in [6.07, 6.45) is -1.80. The van der Waals surface area contributed by atoms with Crippen molar-refractivity contribution in [3.8, 4) is 11.5 Å². The summed E-state index contributed by atoms with van der Waals surface area (Å²) in [5, 5.41) is 3.19. The van der Waals surface area contributed by atoms with E-state index in [9.17, 15) is 18.0 Å². The summed E-state index contributed by atoms with van der Waals surface area (Å²) in [5.74, 6) is -0.128. The SMILES string of the molecule is C=CC(=O)Nc1cc(Oc2cccc(C(F)(F)F)c2)c2cccnc2c1. The van der Waals surface area contributed by atoms with E-state index in [1.165, 1.54) is 18.2 Å². The Bertz CT molecular complexity index is 984. The summed E-state index contributed by atoms with van der Waals surface area (Å²) >= 11 is 0. The molecule has 0 radical (unpaired) electrons. The number of carbonyl (C=O) groups is 1. The van der Waals surface area contributed by atoms with Crippen LogP contribution in [0.1, 0.15) is 5.56 Å². The minimum atomic E-state index is -4.47. The van der Waals surface area contributed by atoms with Gasteiger partial charge in [0.1, 0.15) is 11.5 Å². The molecule has 1 N–H and O–H groups in total. The molecule has 1 amide bonds. The second kappa shape index (κ2) is 6.87. The van der Waals surface area contributed by atoms with Crippen molar-refractivity contribution in [3.63, 3.8) is 0 Å². The zero-order chi connectivity index (χ0) is 18.7. The number of alkyl halides is 3. The van der Waals surface area contributed by atoms with E-state index in [0.29, 0.717) is 16.6 Å². The lowest BCUT2D eigenvalue weighted by Crippen LogP contribution is -2.07. The van der Waals surface area contributed by atoms with Gasteiger partial charge < -0.3 is 10.1 Å². The summed E-state index contributed by atoms with van der Waals surface area (Å²) < 4.78 is 44.3. The lowest BCUT2D eigenvalue weighted by molar-refractivity contribution is -0.137. The van der Waals surface area contributed by atoms with Crippen LogP contribution in [-0.2, 0) is 11.0 Å². The monoisotopic (exact) mass is 358 g/mol. The van der Waals surface area contributed by atoms with Gasteiger partial charge in [0.15, 0.2) is 0 Å². The molecule has 132 valence electrons. The largest absolute Gasteiger partial charge is 0.457 e. The number of ether oxygens (including phenoxy) is 1. The zero-order valence-corrected chi connectivity index (χ0v) is 13.4. The molecule has 0 saturated heterocycles. The van der Waals surface area contributed by atoms with Gasteiger partial charge in [-0.25, -0.2) is 0 Å². The molecule has 3 aromatic rings. The molecule has 4 nitrogen and oxygen atoms in total. The minimum Gasteiger partial charge on any atom is -0.457 e. The third-order valence-electron chi connectivity index (χ3n) is 3.52. The summed E-state index contributed by atoms with van der Waals surface area (Å²) in [6, 6.07) is 11.1. The normalized spacial score (nSPS) is 11.2. The zero-order valence-electron chi connectivity index (χ0n) is 13.4. The quantitative estimate of drug-likeness (QED) is 0.655. The number of aromatic nitrogens is 1. The molecule has 0 saturated carbocycles. The lowest BCUT2D eigenvalue weighted by Gasteiger charge is -2.13. The van der Waals surface area contributed by atoms with Crippen LogP contribution in [0.15, 0.2) is 67.4 Å². The van der Waals surface area contributed by atoms with Crippen LogP contribution in [0.4, 0.5) is 18.9 Å². The Labute approximate surface area is 146 Å². The number of hydrogen-bond donors (Lipinski definition) is 1. The van der Waals surface area contributed by atoms with Crippen molar-refractivity contribution in [1.82, 2.24) is 4.98 Å². The molecule has 2 aromatic carbocycles. The van der Waals surface area contributed by atoms with Crippen LogP contribution < -0.4 is 10.1 Å². The van der Waals surface area contributed by atoms with Gasteiger partial charge in [-0.1, -0.05) is 12.6 Å². The smallest absolute Gasteiger partial charge is 0.416 e. The predicted octanol–water partition coefficient (Wildman–Crippen LogP) is 5.17. The number of anilines is 1. The maximum absolute atomic E-state index is 12.9. The van der Waals surface area contributed by atoms with Gasteiger partial charge in [-0.05, 0) is 42.5 Å². The average Bonchev–Trinajstić information content (AvgIpc) is 2.61. The summed E-state index contributed by atoms with van der Waals surface area (Å²) in [7, 11) is 0. The molecular formula is C19H13F3N2O2. The molecule has 0 atom stereocenters. The Balaban J connectivity index is 2.03. The molecule has 0 aliphatic heterocycles. The van der Waals surface area contributed by atoms with Gasteiger partial charge in [0.25, 0.3) is 0 Å². The standard InChI is InChI=1S/C19H13F3N2O2/c1-2-18(25)24-13-10-16-15(7-4-8-23-16)17(11-13)26-14-6-3-5-12(9-14)19(20,21)22/h2-11H,1H2,(H,24,25). The first-order valence-electron chi connectivity index (χ1n) is 7.54. The van der Waals surface area contributed by atoms with E-state index in [2.05, 4.69) is 16.9 Å². The Morgan fingerprint density at radius 3 is 2.69 bits per heavy atom. The summed E-state index contributed by atoms with van der Waals surface area (Å²) in [4.78, 5) is 15.7. The van der Waals surface area contributed by atoms with Gasteiger partial charge in [-0.2, -0.15) is 13.2 Å². The number of nitrogens with one attached hydrogen (secondary N) is 1. The highest BCUT2D eigenvalue weighted by molar-refractivity contribution is 6.01. The first kappa shape index (κ1) is 17.5. The molecule has 1 heterocycles. The number of nitrogens with zero attached hydrogens (tertiary/aromatic N) is 1. The van der Waals surface area contributed by atoms with Gasteiger partial charge in [0.2, 0.25) is 5.91 Å². The molecule has 0 fully saturated rings. The average molecular weight is 358 g/mol. The maximum atomic E-state index is 12.9. The third-order valence-corrected chi connectivity index (χ3v) is 3.52. The van der Waals surface area contributed by atoms with E-state index in [4.69, 9.17) is 4.74 Å². The second-order valence-electron chi connectivity index (χ2n) is 5.37. The van der Waals surface area contributed by atoms with E-state index in [1.54, 1.807) is 24.4 Å². The molecule has 0 aliphatic rings. The van der Waals surface area contributed by atoms with E-state index >= 15 is 0 Å². The molecule has 0 unspecified atom stereocenters. The van der Waals surface area contributed by atoms with Crippen molar-refractivity contribution < 1.29 is 22.7 Å². The fourth-order valence-corrected chi connectivity index (χ4v) is 2.36. The maximum Gasteiger partial charge on any atom is 0.416 e. The van der Waals surface area contributed by atoms with E-state index in [-0.39, 0.29) is 11.5 Å². The Morgan fingerprint density at radius 2 is 1.96 bits per heavy atom. The van der Waals surface area contributed by atoms with Crippen molar-refractivity contribution in [2.24, 2.45) is 0 Å². The highest BCUT2D eigenvalue weighted by Gasteiger charge is 2.30. The lowest BCUT2D eigenvalue weighted by atomic mass is 10.1. The number of rotatable bonds is 4. The molecule has 0 bridgehead atoms. The van der Waals surface area contributed by atoms with Crippen LogP contribution in [0.25, 0.3) is 10.9 Å². The van der Waals surface area contributed by atoms with E-state index in [0.717, 1.165) is 18.2 Å². The number of amides is 1. The number of benzene rings is 2. The summed E-state index contributed by atoms with van der Waals surface area (Å²) in [5.41, 5.74) is 0.105. The van der Waals surface area contributed by atoms with E-state index < -0.39 is 17.6 Å². The fraction of sp³-hybridized carbons (Fsp3) is 0.0526. The second-order valence-corrected chi connectivity index (χ2v) is 5.37. The van der Waals surface area contributed by atoms with Crippen LogP contribution in [0.2, 0.25) is 0 Å². The van der Waals surface area contributed by atoms with Crippen molar-refractivity contribution >= 4 is 22.5 Å². The first-order valence-corrected chi connectivity index (χ1v) is 7.54. The Morgan fingerprint density at radius 1 is 1.15 bits per heavy atom. The number of fused-ring (bicyclic) bond motifs is 1. The van der Waals surface area contributed by atoms with Crippen LogP contribution in [0.5, 0.6) is 11.5 Å². The van der Waals surface area contributed by atoms with Gasteiger partial charge in [0.05, 0.1) is 11.1 Å². The minimum absolute atomic E-state index is 0.0252. The van der Waals surface area contributed by atoms with Crippen LogP contribution in [0.3, 0.4) is 0 Å². The predicted molar refractivity (Wildman–Crippen MR) is 92.1 cm³/mol.